The molecule has 92 valence electrons. The molecule has 2 aromatic carbocycles. The van der Waals surface area contributed by atoms with Gasteiger partial charge < -0.3 is 0 Å². The summed E-state index contributed by atoms with van der Waals surface area (Å²) in [6.45, 7) is 1.97. The Hall–Kier alpha value is -1.81. The maximum absolute atomic E-state index is 12.7. The number of benzene rings is 2. The molecule has 0 spiro atoms. The summed E-state index contributed by atoms with van der Waals surface area (Å²) in [6.07, 6.45) is 1.48. The van der Waals surface area contributed by atoms with Crippen molar-refractivity contribution in [3.63, 3.8) is 0 Å². The van der Waals surface area contributed by atoms with Gasteiger partial charge >= 0.3 is 0 Å². The monoisotopic (exact) mass is 261 g/mol. The number of rotatable bonds is 3. The minimum Gasteiger partial charge on any atom is -0.229 e. The van der Waals surface area contributed by atoms with Crippen molar-refractivity contribution in [2.24, 2.45) is 4.40 Å². The van der Waals surface area contributed by atoms with E-state index in [0.29, 0.717) is 4.90 Å². The van der Waals surface area contributed by atoms with E-state index in [9.17, 15) is 8.60 Å². The third-order valence-corrected chi connectivity index (χ3v) is 3.36. The first kappa shape index (κ1) is 12.6. The van der Waals surface area contributed by atoms with Crippen molar-refractivity contribution in [2.45, 2.75) is 11.8 Å². The van der Waals surface area contributed by atoms with Gasteiger partial charge in [0.1, 0.15) is 5.82 Å². The average molecular weight is 261 g/mol. The molecule has 0 heterocycles. The maximum atomic E-state index is 12.7. The van der Waals surface area contributed by atoms with Crippen molar-refractivity contribution in [3.8, 4) is 0 Å². The van der Waals surface area contributed by atoms with Crippen LogP contribution in [0, 0.1) is 12.7 Å². The largest absolute Gasteiger partial charge is 0.229 e. The van der Waals surface area contributed by atoms with Gasteiger partial charge in [-0.15, -0.1) is 0 Å². The van der Waals surface area contributed by atoms with Gasteiger partial charge in [0.05, 0.1) is 4.90 Å². The number of halogens is 1. The Morgan fingerprint density at radius 3 is 2.28 bits per heavy atom. The van der Waals surface area contributed by atoms with E-state index >= 15 is 0 Å². The van der Waals surface area contributed by atoms with Crippen LogP contribution < -0.4 is 0 Å². The number of nitrogens with zero attached hydrogens (tertiary/aromatic N) is 1. The first-order chi connectivity index (χ1) is 8.65. The predicted octanol–water partition coefficient (Wildman–Crippen LogP) is 3.28. The molecule has 0 radical (unpaired) electrons. The lowest BCUT2D eigenvalue weighted by atomic mass is 10.2. The summed E-state index contributed by atoms with van der Waals surface area (Å²) in [4.78, 5) is 0.652. The first-order valence-corrected chi connectivity index (χ1v) is 6.54. The Bertz CT molecular complexity index is 576. The summed E-state index contributed by atoms with van der Waals surface area (Å²) in [5.74, 6) is -0.299. The fourth-order valence-electron chi connectivity index (χ4n) is 1.37. The van der Waals surface area contributed by atoms with E-state index in [1.165, 1.54) is 18.3 Å². The molecule has 0 saturated heterocycles. The lowest BCUT2D eigenvalue weighted by Crippen LogP contribution is -1.89. The van der Waals surface area contributed by atoms with Crippen LogP contribution in [0.5, 0.6) is 0 Å². The first-order valence-electron chi connectivity index (χ1n) is 5.43. The Labute approximate surface area is 108 Å². The second-order valence-corrected chi connectivity index (χ2v) is 5.03. The molecule has 0 aliphatic rings. The summed E-state index contributed by atoms with van der Waals surface area (Å²) in [5, 5.41) is 0. The summed E-state index contributed by atoms with van der Waals surface area (Å²) in [6, 6.07) is 13.2. The normalized spacial score (nSPS) is 12.8. The molecule has 2 rings (SSSR count). The van der Waals surface area contributed by atoms with Gasteiger partial charge in [0.2, 0.25) is 0 Å². The SMILES string of the molecule is Cc1ccc(S(=O)/N=C/c2ccc(F)cc2)cc1. The molecule has 0 saturated carbocycles. The van der Waals surface area contributed by atoms with Crippen molar-refractivity contribution in [1.82, 2.24) is 0 Å². The van der Waals surface area contributed by atoms with Gasteiger partial charge in [-0.1, -0.05) is 29.8 Å². The molecule has 4 heteroatoms. The molecule has 0 aromatic heterocycles. The minimum absolute atomic E-state index is 0.299. The third kappa shape index (κ3) is 3.34. The van der Waals surface area contributed by atoms with Crippen LogP contribution >= 0.6 is 0 Å². The molecule has 0 N–H and O–H groups in total. The molecule has 18 heavy (non-hydrogen) atoms. The van der Waals surface area contributed by atoms with Crippen molar-refractivity contribution < 1.29 is 8.60 Å². The molecule has 2 nitrogen and oxygen atoms in total. The van der Waals surface area contributed by atoms with E-state index in [-0.39, 0.29) is 5.82 Å². The molecule has 0 aliphatic carbocycles. The van der Waals surface area contributed by atoms with Gasteiger partial charge in [-0.2, -0.15) is 4.40 Å². The standard InChI is InChI=1S/C14H12FNOS/c1-11-2-8-14(9-3-11)18(17)16-10-12-4-6-13(15)7-5-12/h2-10H,1H3/b16-10+. The van der Waals surface area contributed by atoms with Crippen LogP contribution in [0.1, 0.15) is 11.1 Å². The second kappa shape index (κ2) is 5.69. The fraction of sp³-hybridized carbons (Fsp3) is 0.0714. The van der Waals surface area contributed by atoms with Crippen LogP contribution in [0.15, 0.2) is 57.8 Å². The molecule has 2 aromatic rings. The fourth-order valence-corrected chi connectivity index (χ4v) is 2.08. The van der Waals surface area contributed by atoms with Crippen LogP contribution in [0.4, 0.5) is 4.39 Å². The van der Waals surface area contributed by atoms with Crippen LogP contribution in [-0.4, -0.2) is 10.4 Å². The van der Waals surface area contributed by atoms with Gasteiger partial charge in [-0.25, -0.2) is 8.60 Å². The van der Waals surface area contributed by atoms with Crippen molar-refractivity contribution >= 4 is 17.2 Å². The summed E-state index contributed by atoms with van der Waals surface area (Å²) >= 11 is 0. The Morgan fingerprint density at radius 2 is 1.67 bits per heavy atom. The number of hydrogen-bond acceptors (Lipinski definition) is 1. The smallest absolute Gasteiger partial charge is 0.172 e. The van der Waals surface area contributed by atoms with E-state index in [1.807, 2.05) is 19.1 Å². The molecule has 1 unspecified atom stereocenters. The van der Waals surface area contributed by atoms with Gasteiger partial charge in [-0.3, -0.25) is 0 Å². The molecular weight excluding hydrogens is 249 g/mol. The highest BCUT2D eigenvalue weighted by Crippen LogP contribution is 2.09. The highest BCUT2D eigenvalue weighted by Gasteiger charge is 2.00. The molecule has 0 bridgehead atoms. The highest BCUT2D eigenvalue weighted by atomic mass is 32.2. The molecule has 0 aliphatic heterocycles. The van der Waals surface area contributed by atoms with E-state index in [4.69, 9.17) is 0 Å². The van der Waals surface area contributed by atoms with Crippen LogP contribution in [0.25, 0.3) is 0 Å². The lowest BCUT2D eigenvalue weighted by Gasteiger charge is -1.97. The van der Waals surface area contributed by atoms with Crippen molar-refractivity contribution in [1.29, 1.82) is 0 Å². The quantitative estimate of drug-likeness (QED) is 0.780. The molecule has 0 amide bonds. The zero-order chi connectivity index (χ0) is 13.0. The Morgan fingerprint density at radius 1 is 1.06 bits per heavy atom. The zero-order valence-corrected chi connectivity index (χ0v) is 10.7. The summed E-state index contributed by atoms with van der Waals surface area (Å²) in [7, 11) is -1.42. The number of aryl methyl sites for hydroxylation is 1. The topological polar surface area (TPSA) is 29.4 Å². The summed E-state index contributed by atoms with van der Waals surface area (Å²) < 4.78 is 28.5. The van der Waals surface area contributed by atoms with E-state index < -0.39 is 11.0 Å². The lowest BCUT2D eigenvalue weighted by molar-refractivity contribution is 0.628. The third-order valence-electron chi connectivity index (χ3n) is 2.39. The van der Waals surface area contributed by atoms with Crippen molar-refractivity contribution in [2.75, 3.05) is 0 Å². The van der Waals surface area contributed by atoms with Gasteiger partial charge in [0.25, 0.3) is 0 Å². The predicted molar refractivity (Wildman–Crippen MR) is 71.6 cm³/mol. The van der Waals surface area contributed by atoms with Gasteiger partial charge in [-0.05, 0) is 36.8 Å². The van der Waals surface area contributed by atoms with Crippen molar-refractivity contribution in [3.05, 3.63) is 65.5 Å². The summed E-state index contributed by atoms with van der Waals surface area (Å²) in [5.41, 5.74) is 1.83. The number of hydrogen-bond donors (Lipinski definition) is 0. The van der Waals surface area contributed by atoms with Crippen LogP contribution in [-0.2, 0) is 11.0 Å². The second-order valence-electron chi connectivity index (χ2n) is 3.85. The van der Waals surface area contributed by atoms with E-state index in [0.717, 1.165) is 11.1 Å². The zero-order valence-electron chi connectivity index (χ0n) is 9.84. The van der Waals surface area contributed by atoms with E-state index in [2.05, 4.69) is 4.40 Å². The molecule has 1 atom stereocenters. The minimum atomic E-state index is -1.42. The van der Waals surface area contributed by atoms with Gasteiger partial charge in [0.15, 0.2) is 11.0 Å². The van der Waals surface area contributed by atoms with E-state index in [1.54, 1.807) is 24.3 Å². The Kier molecular flexibility index (Phi) is 3.99. The maximum Gasteiger partial charge on any atom is 0.172 e. The van der Waals surface area contributed by atoms with Crippen LogP contribution in [0.3, 0.4) is 0 Å². The Balaban J connectivity index is 2.11. The highest BCUT2D eigenvalue weighted by molar-refractivity contribution is 7.83. The molecule has 0 fully saturated rings. The molecular formula is C14H12FNOS. The van der Waals surface area contributed by atoms with Gasteiger partial charge in [0, 0.05) is 6.21 Å². The van der Waals surface area contributed by atoms with Crippen LogP contribution in [0.2, 0.25) is 0 Å². The average Bonchev–Trinajstić information content (AvgIpc) is 2.38.